The van der Waals surface area contributed by atoms with E-state index in [2.05, 4.69) is 35.1 Å². The van der Waals surface area contributed by atoms with Crippen molar-refractivity contribution in [3.63, 3.8) is 0 Å². The largest absolute Gasteiger partial charge is 0.354 e. The number of rotatable bonds is 5. The van der Waals surface area contributed by atoms with Crippen LogP contribution in [0.15, 0.2) is 12.3 Å². The Bertz CT molecular complexity index is 408. The van der Waals surface area contributed by atoms with E-state index in [1.54, 1.807) is 6.20 Å². The Morgan fingerprint density at radius 1 is 1.42 bits per heavy atom. The molecule has 2 rings (SSSR count). The number of hydrogen-bond donors (Lipinski definition) is 1. The highest BCUT2D eigenvalue weighted by atomic mass is 35.5. The molecule has 1 aromatic rings. The minimum atomic E-state index is 0.634. The summed E-state index contributed by atoms with van der Waals surface area (Å²) in [6.45, 7) is 7.25. The van der Waals surface area contributed by atoms with Crippen LogP contribution in [-0.4, -0.2) is 24.1 Å². The van der Waals surface area contributed by atoms with Gasteiger partial charge in [-0.25, -0.2) is 4.98 Å². The molecular weight excluding hydrogens is 258 g/mol. The van der Waals surface area contributed by atoms with Crippen molar-refractivity contribution in [1.82, 2.24) is 10.3 Å². The maximum atomic E-state index is 6.22. The van der Waals surface area contributed by atoms with E-state index in [9.17, 15) is 0 Å². The minimum Gasteiger partial charge on any atom is -0.354 e. The molecule has 19 heavy (non-hydrogen) atoms. The van der Waals surface area contributed by atoms with Gasteiger partial charge < -0.3 is 10.2 Å². The molecule has 0 bridgehead atoms. The number of nitrogens with zero attached hydrogens (tertiary/aromatic N) is 2. The normalized spacial score (nSPS) is 19.7. The van der Waals surface area contributed by atoms with Crippen molar-refractivity contribution in [2.45, 2.75) is 52.1 Å². The first-order chi connectivity index (χ1) is 9.26. The smallest absolute Gasteiger partial charge is 0.129 e. The van der Waals surface area contributed by atoms with Crippen LogP contribution >= 0.6 is 11.6 Å². The molecule has 1 aromatic heterocycles. The van der Waals surface area contributed by atoms with Crippen LogP contribution in [0.1, 0.15) is 45.1 Å². The fraction of sp³-hybridized carbons (Fsp3) is 0.667. The third-order valence-electron chi connectivity index (χ3n) is 3.88. The Morgan fingerprint density at radius 3 is 3.00 bits per heavy atom. The number of halogens is 1. The summed E-state index contributed by atoms with van der Waals surface area (Å²) in [6, 6.07) is 2.79. The van der Waals surface area contributed by atoms with Crippen molar-refractivity contribution in [2.24, 2.45) is 0 Å². The molecule has 0 aromatic carbocycles. The molecule has 3 nitrogen and oxygen atoms in total. The lowest BCUT2D eigenvalue weighted by atomic mass is 10.00. The molecule has 0 spiro atoms. The lowest BCUT2D eigenvalue weighted by molar-refractivity contribution is 0.446. The molecule has 1 N–H and O–H groups in total. The van der Waals surface area contributed by atoms with E-state index in [0.717, 1.165) is 36.0 Å². The van der Waals surface area contributed by atoms with Crippen LogP contribution < -0.4 is 10.2 Å². The van der Waals surface area contributed by atoms with Crippen LogP contribution in [0.3, 0.4) is 0 Å². The lowest BCUT2D eigenvalue weighted by Gasteiger charge is -2.36. The Morgan fingerprint density at radius 2 is 2.26 bits per heavy atom. The molecule has 1 aliphatic rings. The lowest BCUT2D eigenvalue weighted by Crippen LogP contribution is -2.39. The third-order valence-corrected chi connectivity index (χ3v) is 4.22. The fourth-order valence-electron chi connectivity index (χ4n) is 2.75. The molecule has 0 radical (unpaired) electrons. The maximum Gasteiger partial charge on any atom is 0.129 e. The van der Waals surface area contributed by atoms with Gasteiger partial charge in [0.2, 0.25) is 0 Å². The molecule has 1 atom stereocenters. The van der Waals surface area contributed by atoms with E-state index in [1.807, 2.05) is 0 Å². The second-order valence-electron chi connectivity index (χ2n) is 5.17. The number of aromatic nitrogens is 1. The predicted octanol–water partition coefficient (Wildman–Crippen LogP) is 3.61. The number of nitrogens with one attached hydrogen (secondary N) is 1. The van der Waals surface area contributed by atoms with E-state index in [1.165, 1.54) is 25.7 Å². The highest BCUT2D eigenvalue weighted by Crippen LogP contribution is 2.27. The molecule has 2 heterocycles. The molecule has 4 heteroatoms. The van der Waals surface area contributed by atoms with Crippen LogP contribution in [0.2, 0.25) is 5.02 Å². The zero-order valence-electron chi connectivity index (χ0n) is 12.0. The molecule has 1 unspecified atom stereocenters. The predicted molar refractivity (Wildman–Crippen MR) is 81.9 cm³/mol. The summed E-state index contributed by atoms with van der Waals surface area (Å²) in [5.74, 6) is 1.09. The topological polar surface area (TPSA) is 28.2 Å². The van der Waals surface area contributed by atoms with Gasteiger partial charge in [0, 0.05) is 25.3 Å². The van der Waals surface area contributed by atoms with Crippen molar-refractivity contribution >= 4 is 17.4 Å². The zero-order chi connectivity index (χ0) is 13.7. The van der Waals surface area contributed by atoms with Gasteiger partial charge in [-0.3, -0.25) is 0 Å². The van der Waals surface area contributed by atoms with Gasteiger partial charge in [0.25, 0.3) is 0 Å². The van der Waals surface area contributed by atoms with Crippen molar-refractivity contribution in [2.75, 3.05) is 18.0 Å². The van der Waals surface area contributed by atoms with Crippen LogP contribution in [-0.2, 0) is 6.54 Å². The summed E-state index contributed by atoms with van der Waals surface area (Å²) in [6.07, 6.45) is 6.87. The van der Waals surface area contributed by atoms with Crippen LogP contribution in [0.5, 0.6) is 0 Å². The van der Waals surface area contributed by atoms with Crippen LogP contribution in [0, 0.1) is 0 Å². The quantitative estimate of drug-likeness (QED) is 0.894. The second kappa shape index (κ2) is 7.11. The highest BCUT2D eigenvalue weighted by Gasteiger charge is 2.22. The van der Waals surface area contributed by atoms with Crippen molar-refractivity contribution in [1.29, 1.82) is 0 Å². The van der Waals surface area contributed by atoms with Crippen LogP contribution in [0.4, 0.5) is 5.82 Å². The summed E-state index contributed by atoms with van der Waals surface area (Å²) in [5.41, 5.74) is 1.15. The second-order valence-corrected chi connectivity index (χ2v) is 5.57. The Labute approximate surface area is 121 Å². The monoisotopic (exact) mass is 281 g/mol. The molecule has 1 saturated heterocycles. The van der Waals surface area contributed by atoms with Gasteiger partial charge >= 0.3 is 0 Å². The number of pyridine rings is 1. The first-order valence-electron chi connectivity index (χ1n) is 7.38. The summed E-state index contributed by atoms with van der Waals surface area (Å²) < 4.78 is 0. The van der Waals surface area contributed by atoms with Gasteiger partial charge in [0.05, 0.1) is 5.02 Å². The van der Waals surface area contributed by atoms with Crippen molar-refractivity contribution in [3.8, 4) is 0 Å². The van der Waals surface area contributed by atoms with E-state index in [4.69, 9.17) is 11.6 Å². The summed E-state index contributed by atoms with van der Waals surface area (Å²) in [7, 11) is 0. The van der Waals surface area contributed by atoms with Crippen molar-refractivity contribution < 1.29 is 0 Å². The van der Waals surface area contributed by atoms with E-state index >= 15 is 0 Å². The average molecular weight is 282 g/mol. The fourth-order valence-corrected chi connectivity index (χ4v) is 2.92. The first-order valence-corrected chi connectivity index (χ1v) is 7.75. The Kier molecular flexibility index (Phi) is 5.46. The average Bonchev–Trinajstić information content (AvgIpc) is 2.46. The maximum absolute atomic E-state index is 6.22. The van der Waals surface area contributed by atoms with Gasteiger partial charge in [0.15, 0.2) is 0 Å². The Balaban J connectivity index is 2.18. The summed E-state index contributed by atoms with van der Waals surface area (Å²) >= 11 is 6.22. The molecule has 1 fully saturated rings. The molecule has 0 amide bonds. The minimum absolute atomic E-state index is 0.634. The third kappa shape index (κ3) is 3.61. The van der Waals surface area contributed by atoms with Crippen molar-refractivity contribution in [3.05, 3.63) is 22.8 Å². The van der Waals surface area contributed by atoms with Gasteiger partial charge in [-0.1, -0.05) is 25.4 Å². The molecule has 0 aliphatic carbocycles. The zero-order valence-corrected chi connectivity index (χ0v) is 12.7. The Hall–Kier alpha value is -0.800. The highest BCUT2D eigenvalue weighted by molar-refractivity contribution is 6.31. The van der Waals surface area contributed by atoms with E-state index in [-0.39, 0.29) is 0 Å². The molecule has 0 saturated carbocycles. The molecular formula is C15H24ClN3. The van der Waals surface area contributed by atoms with Gasteiger partial charge in [0.1, 0.15) is 5.82 Å². The molecule has 106 valence electrons. The van der Waals surface area contributed by atoms with Gasteiger partial charge in [-0.15, -0.1) is 0 Å². The molecule has 1 aliphatic heterocycles. The van der Waals surface area contributed by atoms with Gasteiger partial charge in [-0.2, -0.15) is 0 Å². The number of piperidine rings is 1. The first kappa shape index (κ1) is 14.6. The SMILES string of the molecule is CCNCc1cc(N2CCCCC2CC)ncc1Cl. The van der Waals surface area contributed by atoms with Crippen LogP contribution in [0.25, 0.3) is 0 Å². The summed E-state index contributed by atoms with van der Waals surface area (Å²) in [4.78, 5) is 6.99. The number of anilines is 1. The van der Waals surface area contributed by atoms with E-state index in [0.29, 0.717) is 6.04 Å². The standard InChI is InChI=1S/C15H24ClN3/c1-3-13-7-5-6-8-19(13)15-9-12(10-17-4-2)14(16)11-18-15/h9,11,13,17H,3-8,10H2,1-2H3. The van der Waals surface area contributed by atoms with E-state index < -0.39 is 0 Å². The summed E-state index contributed by atoms with van der Waals surface area (Å²) in [5, 5.41) is 4.09. The van der Waals surface area contributed by atoms with Gasteiger partial charge in [-0.05, 0) is 43.9 Å². The number of hydrogen-bond acceptors (Lipinski definition) is 3.